The summed E-state index contributed by atoms with van der Waals surface area (Å²) in [7, 11) is -3.80. The molecule has 1 rings (SSSR count). The Balaban J connectivity index is 2.81. The molecule has 106 valence electrons. The molecule has 0 saturated carbocycles. The largest absolute Gasteiger partial charge is 0.398 e. The van der Waals surface area contributed by atoms with E-state index in [0.717, 1.165) is 6.42 Å². The highest BCUT2D eigenvalue weighted by Crippen LogP contribution is 2.17. The van der Waals surface area contributed by atoms with Crippen molar-refractivity contribution >= 4 is 21.6 Å². The molecule has 0 aliphatic carbocycles. The minimum Gasteiger partial charge on any atom is -0.398 e. The monoisotopic (exact) mass is 285 g/mol. The summed E-state index contributed by atoms with van der Waals surface area (Å²) in [4.78, 5) is 11.6. The third kappa shape index (κ3) is 4.22. The van der Waals surface area contributed by atoms with E-state index in [2.05, 4.69) is 10.0 Å². The Hall–Kier alpha value is -1.60. The fourth-order valence-corrected chi connectivity index (χ4v) is 2.81. The number of rotatable bonds is 6. The number of carbonyl (C=O) groups is 1. The summed E-state index contributed by atoms with van der Waals surface area (Å²) in [6.07, 6.45) is 0.789. The van der Waals surface area contributed by atoms with Crippen LogP contribution in [0.2, 0.25) is 0 Å². The van der Waals surface area contributed by atoms with Crippen LogP contribution in [-0.4, -0.2) is 26.9 Å². The Bertz CT molecular complexity index is 543. The lowest BCUT2D eigenvalue weighted by Crippen LogP contribution is -2.45. The van der Waals surface area contributed by atoms with Crippen molar-refractivity contribution in [1.29, 1.82) is 0 Å². The molecule has 0 spiro atoms. The van der Waals surface area contributed by atoms with Gasteiger partial charge in [-0.25, -0.2) is 8.42 Å². The molecule has 0 fully saturated rings. The Kier molecular flexibility index (Phi) is 5.31. The Morgan fingerprint density at radius 1 is 1.37 bits per heavy atom. The van der Waals surface area contributed by atoms with Crippen LogP contribution in [0.15, 0.2) is 29.2 Å². The molecule has 6 nitrogen and oxygen atoms in total. The number of hydrogen-bond donors (Lipinski definition) is 3. The molecule has 0 heterocycles. The van der Waals surface area contributed by atoms with Gasteiger partial charge in [0.1, 0.15) is 4.90 Å². The predicted octanol–water partition coefficient (Wildman–Crippen LogP) is 0.462. The fourth-order valence-electron chi connectivity index (χ4n) is 1.48. The molecule has 0 aromatic heterocycles. The predicted molar refractivity (Wildman–Crippen MR) is 73.9 cm³/mol. The normalized spacial score (nSPS) is 12.9. The van der Waals surface area contributed by atoms with Crippen molar-refractivity contribution in [2.45, 2.75) is 31.2 Å². The zero-order valence-electron chi connectivity index (χ0n) is 11.0. The lowest BCUT2D eigenvalue weighted by molar-refractivity contribution is -0.122. The van der Waals surface area contributed by atoms with Gasteiger partial charge in [-0.15, -0.1) is 0 Å². The molecule has 1 aromatic rings. The van der Waals surface area contributed by atoms with Gasteiger partial charge in [-0.1, -0.05) is 19.1 Å². The van der Waals surface area contributed by atoms with Crippen LogP contribution in [0.3, 0.4) is 0 Å². The molecule has 1 aromatic carbocycles. The van der Waals surface area contributed by atoms with E-state index < -0.39 is 16.1 Å². The van der Waals surface area contributed by atoms with Crippen LogP contribution in [0.5, 0.6) is 0 Å². The van der Waals surface area contributed by atoms with E-state index >= 15 is 0 Å². The lowest BCUT2D eigenvalue weighted by atomic mass is 10.3. The Morgan fingerprint density at radius 2 is 2.00 bits per heavy atom. The highest BCUT2D eigenvalue weighted by atomic mass is 32.2. The minimum absolute atomic E-state index is 0.0230. The molecule has 1 amide bonds. The number of hydrogen-bond acceptors (Lipinski definition) is 4. The summed E-state index contributed by atoms with van der Waals surface area (Å²) in [6.45, 7) is 3.92. The highest BCUT2D eigenvalue weighted by molar-refractivity contribution is 7.89. The first-order valence-electron chi connectivity index (χ1n) is 6.03. The molecule has 0 aliphatic rings. The number of benzene rings is 1. The van der Waals surface area contributed by atoms with Gasteiger partial charge in [0.25, 0.3) is 0 Å². The summed E-state index contributed by atoms with van der Waals surface area (Å²) in [6, 6.07) is 5.26. The number of nitrogen functional groups attached to an aromatic ring is 1. The van der Waals surface area contributed by atoms with Gasteiger partial charge in [-0.05, 0) is 25.5 Å². The maximum atomic E-state index is 12.1. The fraction of sp³-hybridized carbons (Fsp3) is 0.417. The minimum atomic E-state index is -3.80. The zero-order valence-corrected chi connectivity index (χ0v) is 11.8. The first-order chi connectivity index (χ1) is 8.88. The van der Waals surface area contributed by atoms with Crippen LogP contribution in [0.25, 0.3) is 0 Å². The van der Waals surface area contributed by atoms with Crippen LogP contribution >= 0.6 is 0 Å². The number of nitrogens with one attached hydrogen (secondary N) is 2. The molecular formula is C12H19N3O3S. The molecule has 19 heavy (non-hydrogen) atoms. The highest BCUT2D eigenvalue weighted by Gasteiger charge is 2.23. The van der Waals surface area contributed by atoms with Crippen molar-refractivity contribution in [3.63, 3.8) is 0 Å². The van der Waals surface area contributed by atoms with Crippen molar-refractivity contribution in [3.8, 4) is 0 Å². The van der Waals surface area contributed by atoms with Crippen LogP contribution < -0.4 is 15.8 Å². The number of anilines is 1. The number of para-hydroxylation sites is 1. The van der Waals surface area contributed by atoms with E-state index in [1.165, 1.54) is 19.1 Å². The second-order valence-electron chi connectivity index (χ2n) is 4.17. The van der Waals surface area contributed by atoms with Crippen molar-refractivity contribution in [2.24, 2.45) is 0 Å². The van der Waals surface area contributed by atoms with Crippen LogP contribution in [-0.2, 0) is 14.8 Å². The van der Waals surface area contributed by atoms with Crippen molar-refractivity contribution in [3.05, 3.63) is 24.3 Å². The number of sulfonamides is 1. The molecule has 7 heteroatoms. The first-order valence-corrected chi connectivity index (χ1v) is 7.51. The van der Waals surface area contributed by atoms with Crippen molar-refractivity contribution in [2.75, 3.05) is 12.3 Å². The van der Waals surface area contributed by atoms with Crippen LogP contribution in [0.4, 0.5) is 5.69 Å². The maximum absolute atomic E-state index is 12.1. The molecule has 1 unspecified atom stereocenters. The summed E-state index contributed by atoms with van der Waals surface area (Å²) in [5.74, 6) is -0.361. The second-order valence-corrected chi connectivity index (χ2v) is 5.85. The van der Waals surface area contributed by atoms with Gasteiger partial charge in [0.05, 0.1) is 11.7 Å². The lowest BCUT2D eigenvalue weighted by Gasteiger charge is -2.15. The van der Waals surface area contributed by atoms with Gasteiger partial charge in [0, 0.05) is 6.54 Å². The van der Waals surface area contributed by atoms with E-state index in [9.17, 15) is 13.2 Å². The number of amides is 1. The van der Waals surface area contributed by atoms with E-state index in [0.29, 0.717) is 6.54 Å². The van der Waals surface area contributed by atoms with E-state index in [4.69, 9.17) is 5.73 Å². The van der Waals surface area contributed by atoms with Gasteiger partial charge in [-0.2, -0.15) is 4.72 Å². The standard InChI is InChI=1S/C12H19N3O3S/c1-3-8-14-12(16)9(2)15-19(17,18)11-7-5-4-6-10(11)13/h4-7,9,15H,3,8,13H2,1-2H3,(H,14,16). The number of carbonyl (C=O) groups excluding carboxylic acids is 1. The molecule has 0 saturated heterocycles. The third-order valence-corrected chi connectivity index (χ3v) is 4.10. The van der Waals surface area contributed by atoms with Gasteiger partial charge >= 0.3 is 0 Å². The molecule has 4 N–H and O–H groups in total. The first kappa shape index (κ1) is 15.5. The summed E-state index contributed by atoms with van der Waals surface area (Å²) < 4.78 is 26.4. The quantitative estimate of drug-likeness (QED) is 0.661. The Labute approximate surface area is 113 Å². The summed E-state index contributed by atoms with van der Waals surface area (Å²) >= 11 is 0. The molecule has 0 aliphatic heterocycles. The zero-order chi connectivity index (χ0) is 14.5. The van der Waals surface area contributed by atoms with Gasteiger partial charge in [-0.3, -0.25) is 4.79 Å². The molecular weight excluding hydrogens is 266 g/mol. The Morgan fingerprint density at radius 3 is 2.58 bits per heavy atom. The van der Waals surface area contributed by atoms with Crippen molar-refractivity contribution < 1.29 is 13.2 Å². The SMILES string of the molecule is CCCNC(=O)C(C)NS(=O)(=O)c1ccccc1N. The van der Waals surface area contributed by atoms with Gasteiger partial charge in [0.15, 0.2) is 0 Å². The van der Waals surface area contributed by atoms with Crippen LogP contribution in [0, 0.1) is 0 Å². The molecule has 0 bridgehead atoms. The van der Waals surface area contributed by atoms with E-state index in [1.807, 2.05) is 6.92 Å². The maximum Gasteiger partial charge on any atom is 0.243 e. The van der Waals surface area contributed by atoms with Crippen molar-refractivity contribution in [1.82, 2.24) is 10.0 Å². The second kappa shape index (κ2) is 6.53. The van der Waals surface area contributed by atoms with E-state index in [-0.39, 0.29) is 16.5 Å². The third-order valence-electron chi connectivity index (χ3n) is 2.48. The summed E-state index contributed by atoms with van der Waals surface area (Å²) in [5, 5.41) is 2.62. The number of nitrogens with two attached hydrogens (primary N) is 1. The smallest absolute Gasteiger partial charge is 0.243 e. The van der Waals surface area contributed by atoms with E-state index in [1.54, 1.807) is 12.1 Å². The molecule has 0 radical (unpaired) electrons. The van der Waals surface area contributed by atoms with Gasteiger partial charge < -0.3 is 11.1 Å². The molecule has 1 atom stereocenters. The average Bonchev–Trinajstić information content (AvgIpc) is 2.35. The topological polar surface area (TPSA) is 101 Å². The van der Waals surface area contributed by atoms with Gasteiger partial charge in [0.2, 0.25) is 15.9 Å². The summed E-state index contributed by atoms with van der Waals surface area (Å²) in [5.41, 5.74) is 5.77. The van der Waals surface area contributed by atoms with Crippen LogP contribution in [0.1, 0.15) is 20.3 Å². The average molecular weight is 285 g/mol.